The van der Waals surface area contributed by atoms with Crippen molar-refractivity contribution in [1.29, 1.82) is 0 Å². The number of aromatic nitrogens is 3. The maximum atomic E-state index is 11.8. The van der Waals surface area contributed by atoms with Crippen LogP contribution < -0.4 is 10.1 Å². The summed E-state index contributed by atoms with van der Waals surface area (Å²) < 4.78 is 12.7. The number of benzene rings is 1. The normalized spacial score (nSPS) is 11.0. The Morgan fingerprint density at radius 3 is 2.88 bits per heavy atom. The number of carbonyl (C=O) groups is 1. The zero-order valence-corrected chi connectivity index (χ0v) is 14.6. The van der Waals surface area contributed by atoms with E-state index in [0.717, 1.165) is 34.6 Å². The molecule has 2 heterocycles. The van der Waals surface area contributed by atoms with E-state index in [2.05, 4.69) is 39.1 Å². The van der Waals surface area contributed by atoms with E-state index in [1.807, 2.05) is 25.1 Å². The third-order valence-corrected chi connectivity index (χ3v) is 4.00. The second-order valence-electron chi connectivity index (χ2n) is 5.52. The quantitative estimate of drug-likeness (QED) is 0.691. The Labute approximate surface area is 145 Å². The minimum Gasteiger partial charge on any atom is -0.496 e. The van der Waals surface area contributed by atoms with Gasteiger partial charge < -0.3 is 19.4 Å². The molecular weight excluding hydrogens is 320 g/mol. The fraction of sp³-hybridized carbons (Fsp3) is 0.333. The predicted molar refractivity (Wildman–Crippen MR) is 96.9 cm³/mol. The highest BCUT2D eigenvalue weighted by atomic mass is 16.5. The van der Waals surface area contributed by atoms with Gasteiger partial charge in [0.1, 0.15) is 12.4 Å². The van der Waals surface area contributed by atoms with E-state index in [9.17, 15) is 4.79 Å². The number of hydrogen-bond acceptors (Lipinski definition) is 4. The molecule has 0 aliphatic carbocycles. The van der Waals surface area contributed by atoms with Crippen LogP contribution in [0.1, 0.15) is 13.8 Å². The maximum absolute atomic E-state index is 11.8. The summed E-state index contributed by atoms with van der Waals surface area (Å²) in [6.45, 7) is 5.25. The van der Waals surface area contributed by atoms with Gasteiger partial charge in [0, 0.05) is 24.6 Å². The van der Waals surface area contributed by atoms with Crippen LogP contribution in [-0.2, 0) is 16.1 Å². The zero-order chi connectivity index (χ0) is 17.8. The lowest BCUT2D eigenvalue weighted by Gasteiger charge is -2.06. The molecule has 0 radical (unpaired) electrons. The summed E-state index contributed by atoms with van der Waals surface area (Å²) in [6, 6.07) is 9.86. The molecular formula is C18H22N4O3. The van der Waals surface area contributed by atoms with E-state index in [-0.39, 0.29) is 12.5 Å². The molecule has 0 fully saturated rings. The Bertz CT molecular complexity index is 882. The molecule has 0 bridgehead atoms. The van der Waals surface area contributed by atoms with Crippen LogP contribution in [0.25, 0.3) is 22.3 Å². The third-order valence-electron chi connectivity index (χ3n) is 4.00. The first-order valence-corrected chi connectivity index (χ1v) is 8.27. The highest BCUT2D eigenvalue weighted by Crippen LogP contribution is 2.33. The first kappa shape index (κ1) is 17.0. The van der Waals surface area contributed by atoms with Crippen molar-refractivity contribution in [1.82, 2.24) is 14.8 Å². The standard InChI is InChI=1S/C18H22N4O3/c1-4-22-14-7-6-8-16(24-3)12(14)9-15(22)13-10-17(21-20-13)19-18(23)11-25-5-2/h6-10H,4-5,11H2,1-3H3,(H2,19,20,21,23). The van der Waals surface area contributed by atoms with E-state index >= 15 is 0 Å². The van der Waals surface area contributed by atoms with E-state index in [1.165, 1.54) is 0 Å². The summed E-state index contributed by atoms with van der Waals surface area (Å²) in [6.07, 6.45) is 0. The molecule has 0 atom stereocenters. The van der Waals surface area contributed by atoms with Crippen molar-refractivity contribution in [3.05, 3.63) is 30.3 Å². The molecule has 0 aliphatic rings. The molecule has 132 valence electrons. The summed E-state index contributed by atoms with van der Waals surface area (Å²) in [5, 5.41) is 10.9. The lowest BCUT2D eigenvalue weighted by atomic mass is 10.2. The van der Waals surface area contributed by atoms with Gasteiger partial charge in [-0.2, -0.15) is 5.10 Å². The lowest BCUT2D eigenvalue weighted by Crippen LogP contribution is -2.18. The van der Waals surface area contributed by atoms with Gasteiger partial charge in [0.05, 0.1) is 24.0 Å². The minimum atomic E-state index is -0.224. The number of hydrogen-bond donors (Lipinski definition) is 2. The highest BCUT2D eigenvalue weighted by Gasteiger charge is 2.15. The van der Waals surface area contributed by atoms with Gasteiger partial charge in [-0.05, 0) is 32.0 Å². The number of carbonyl (C=O) groups excluding carboxylic acids is 1. The second kappa shape index (κ2) is 7.40. The summed E-state index contributed by atoms with van der Waals surface area (Å²) in [7, 11) is 1.67. The minimum absolute atomic E-state index is 0.0190. The molecule has 0 saturated heterocycles. The molecule has 0 unspecified atom stereocenters. The molecule has 3 aromatic rings. The first-order valence-electron chi connectivity index (χ1n) is 8.27. The highest BCUT2D eigenvalue weighted by molar-refractivity contribution is 5.93. The number of ether oxygens (including phenoxy) is 2. The van der Waals surface area contributed by atoms with Crippen molar-refractivity contribution in [2.45, 2.75) is 20.4 Å². The Kier molecular flexibility index (Phi) is 5.04. The first-order chi connectivity index (χ1) is 12.2. The van der Waals surface area contributed by atoms with E-state index in [0.29, 0.717) is 12.4 Å². The molecule has 7 nitrogen and oxygen atoms in total. The van der Waals surface area contributed by atoms with Crippen LogP contribution in [-0.4, -0.2) is 41.0 Å². The Morgan fingerprint density at radius 1 is 1.32 bits per heavy atom. The number of methoxy groups -OCH3 is 1. The topological polar surface area (TPSA) is 81.2 Å². The largest absolute Gasteiger partial charge is 0.496 e. The van der Waals surface area contributed by atoms with Gasteiger partial charge in [-0.1, -0.05) is 6.07 Å². The van der Waals surface area contributed by atoms with Crippen LogP contribution in [0.5, 0.6) is 5.75 Å². The number of anilines is 1. The number of aryl methyl sites for hydroxylation is 1. The van der Waals surface area contributed by atoms with Crippen LogP contribution in [0.15, 0.2) is 30.3 Å². The fourth-order valence-corrected chi connectivity index (χ4v) is 2.89. The van der Waals surface area contributed by atoms with Gasteiger partial charge in [-0.25, -0.2) is 0 Å². The summed E-state index contributed by atoms with van der Waals surface area (Å²) in [5.74, 6) is 1.08. The smallest absolute Gasteiger partial charge is 0.251 e. The molecule has 3 rings (SSSR count). The van der Waals surface area contributed by atoms with E-state index in [1.54, 1.807) is 7.11 Å². The SMILES string of the molecule is CCOCC(=O)Nc1cc(-c2cc3c(OC)cccc3n2CC)[nH]n1. The van der Waals surface area contributed by atoms with Crippen LogP contribution in [0.3, 0.4) is 0 Å². The number of rotatable bonds is 7. The summed E-state index contributed by atoms with van der Waals surface area (Å²) >= 11 is 0. The van der Waals surface area contributed by atoms with Gasteiger partial charge >= 0.3 is 0 Å². The van der Waals surface area contributed by atoms with Crippen molar-refractivity contribution < 1.29 is 14.3 Å². The molecule has 0 aliphatic heterocycles. The number of fused-ring (bicyclic) bond motifs is 1. The monoisotopic (exact) mass is 342 g/mol. The zero-order valence-electron chi connectivity index (χ0n) is 14.6. The summed E-state index contributed by atoms with van der Waals surface area (Å²) in [5.41, 5.74) is 2.90. The molecule has 2 aromatic heterocycles. The molecule has 0 spiro atoms. The van der Waals surface area contributed by atoms with Crippen LogP contribution in [0, 0.1) is 0 Å². The van der Waals surface area contributed by atoms with Gasteiger partial charge in [0.15, 0.2) is 5.82 Å². The Hall–Kier alpha value is -2.80. The Morgan fingerprint density at radius 2 is 2.16 bits per heavy atom. The number of amides is 1. The van der Waals surface area contributed by atoms with E-state index < -0.39 is 0 Å². The average molecular weight is 342 g/mol. The maximum Gasteiger partial charge on any atom is 0.251 e. The van der Waals surface area contributed by atoms with Gasteiger partial charge in [-0.15, -0.1) is 0 Å². The Balaban J connectivity index is 1.93. The third kappa shape index (κ3) is 3.36. The van der Waals surface area contributed by atoms with Crippen molar-refractivity contribution in [3.63, 3.8) is 0 Å². The van der Waals surface area contributed by atoms with Crippen molar-refractivity contribution >= 4 is 22.6 Å². The predicted octanol–water partition coefficient (Wildman–Crippen LogP) is 3.03. The fourth-order valence-electron chi connectivity index (χ4n) is 2.89. The van der Waals surface area contributed by atoms with Crippen molar-refractivity contribution in [2.75, 3.05) is 25.6 Å². The van der Waals surface area contributed by atoms with E-state index in [4.69, 9.17) is 9.47 Å². The summed E-state index contributed by atoms with van der Waals surface area (Å²) in [4.78, 5) is 11.8. The molecule has 1 amide bonds. The van der Waals surface area contributed by atoms with Crippen molar-refractivity contribution in [2.24, 2.45) is 0 Å². The molecule has 7 heteroatoms. The number of H-pyrrole nitrogens is 1. The lowest BCUT2D eigenvalue weighted by molar-refractivity contribution is -0.120. The number of aromatic amines is 1. The van der Waals surface area contributed by atoms with Crippen molar-refractivity contribution in [3.8, 4) is 17.1 Å². The molecule has 1 aromatic carbocycles. The van der Waals surface area contributed by atoms with Crippen LogP contribution in [0.4, 0.5) is 5.82 Å². The molecule has 25 heavy (non-hydrogen) atoms. The molecule has 0 saturated carbocycles. The van der Waals surface area contributed by atoms with Gasteiger partial charge in [-0.3, -0.25) is 9.89 Å². The molecule has 2 N–H and O–H groups in total. The van der Waals surface area contributed by atoms with Gasteiger partial charge in [0.25, 0.3) is 5.91 Å². The number of nitrogens with zero attached hydrogens (tertiary/aromatic N) is 2. The van der Waals surface area contributed by atoms with Crippen LogP contribution >= 0.6 is 0 Å². The number of nitrogens with one attached hydrogen (secondary N) is 2. The second-order valence-corrected chi connectivity index (χ2v) is 5.52. The van der Waals surface area contributed by atoms with Crippen LogP contribution in [0.2, 0.25) is 0 Å². The average Bonchev–Trinajstić information content (AvgIpc) is 3.23. The van der Waals surface area contributed by atoms with Gasteiger partial charge in [0.2, 0.25) is 0 Å².